The van der Waals surface area contributed by atoms with Crippen molar-refractivity contribution in [1.29, 1.82) is 0 Å². The molecule has 0 aromatic rings. The molecular weight excluding hydrogens is 1120 g/mol. The van der Waals surface area contributed by atoms with Gasteiger partial charge in [0.25, 0.3) is 5.91 Å². The molecule has 7 N–H and O–H groups in total. The first kappa shape index (κ1) is 70.2. The number of alkyl carbamates (subject to hydrolysis) is 5. The van der Waals surface area contributed by atoms with Crippen molar-refractivity contribution in [3.05, 3.63) is 0 Å². The van der Waals surface area contributed by atoms with E-state index < -0.39 is 168 Å². The summed E-state index contributed by atoms with van der Waals surface area (Å²) in [5, 5.41) is 29.6. The third kappa shape index (κ3) is 23.3. The predicted molar refractivity (Wildman–Crippen MR) is 299 cm³/mol. The van der Waals surface area contributed by atoms with Crippen molar-refractivity contribution in [3.8, 4) is 0 Å². The first-order chi connectivity index (χ1) is 39.2. The minimum Gasteiger partial charge on any atom is -0.455 e. The lowest BCUT2D eigenvalue weighted by atomic mass is 9.82. The molecule has 5 rings (SSSR count). The number of rotatable bonds is 16. The lowest BCUT2D eigenvalue weighted by Crippen LogP contribution is -2.72. The zero-order valence-electron chi connectivity index (χ0n) is 52.6. The van der Waals surface area contributed by atoms with Crippen molar-refractivity contribution < 1.29 is 105 Å². The molecule has 85 heavy (non-hydrogen) atoms. The van der Waals surface area contributed by atoms with Gasteiger partial charge in [-0.2, -0.15) is 0 Å². The number of amides is 6. The second-order valence-corrected chi connectivity index (χ2v) is 27.1. The smallest absolute Gasteiger partial charge is 0.408 e. The molecule has 3 saturated heterocycles. The number of fused-ring (bicyclic) bond motifs is 1. The number of nitrogens with one attached hydrogen (secondary N) is 6. The molecule has 0 aromatic carbocycles. The van der Waals surface area contributed by atoms with Crippen LogP contribution in [0.15, 0.2) is 0 Å². The molecule has 1 spiro atoms. The largest absolute Gasteiger partial charge is 0.455 e. The highest BCUT2D eigenvalue weighted by atomic mass is 16.8. The Hall–Kier alpha value is -5.52. The van der Waals surface area contributed by atoms with E-state index in [1.807, 2.05) is 0 Å². The maximum absolute atomic E-state index is 14.7. The van der Waals surface area contributed by atoms with Crippen molar-refractivity contribution in [2.24, 2.45) is 0 Å². The van der Waals surface area contributed by atoms with Crippen molar-refractivity contribution in [3.63, 3.8) is 0 Å². The van der Waals surface area contributed by atoms with Crippen LogP contribution >= 0.6 is 0 Å². The van der Waals surface area contributed by atoms with Gasteiger partial charge in [-0.25, -0.2) is 24.0 Å². The molecule has 486 valence electrons. The normalized spacial score (nSPS) is 29.2. The van der Waals surface area contributed by atoms with Crippen molar-refractivity contribution in [1.82, 2.24) is 31.9 Å². The summed E-state index contributed by atoms with van der Waals surface area (Å²) in [5.74, 6) is -3.72. The average molecular weight is 1220 g/mol. The van der Waals surface area contributed by atoms with Gasteiger partial charge in [-0.1, -0.05) is 6.42 Å². The number of carbonyl (C=O) groups is 8. The van der Waals surface area contributed by atoms with Crippen LogP contribution in [-0.2, 0) is 76.0 Å². The van der Waals surface area contributed by atoms with Crippen LogP contribution in [0, 0.1) is 0 Å². The van der Waals surface area contributed by atoms with Crippen LogP contribution in [0.2, 0.25) is 0 Å². The third-order valence-corrected chi connectivity index (χ3v) is 13.4. The van der Waals surface area contributed by atoms with Crippen LogP contribution in [0.1, 0.15) is 175 Å². The Morgan fingerprint density at radius 3 is 1.59 bits per heavy atom. The molecule has 0 bridgehead atoms. The molecule has 3 heterocycles. The zero-order valence-corrected chi connectivity index (χ0v) is 52.6. The van der Waals surface area contributed by atoms with E-state index in [1.165, 1.54) is 0 Å². The molecular formula is C57H96N6O22. The number of esters is 2. The first-order valence-corrected chi connectivity index (χ1v) is 29.3. The molecule has 0 aromatic heterocycles. The summed E-state index contributed by atoms with van der Waals surface area (Å²) in [6, 6.07) is -5.08. The van der Waals surface area contributed by atoms with Gasteiger partial charge in [0.2, 0.25) is 0 Å². The molecule has 6 amide bonds. The summed E-state index contributed by atoms with van der Waals surface area (Å²) in [4.78, 5) is 107. The summed E-state index contributed by atoms with van der Waals surface area (Å²) >= 11 is 0. The minimum atomic E-state index is -1.99. The van der Waals surface area contributed by atoms with E-state index in [4.69, 9.17) is 61.6 Å². The number of carbonyl (C=O) groups excluding carboxylic acids is 8. The van der Waals surface area contributed by atoms with Crippen LogP contribution in [-0.4, -0.2) is 192 Å². The lowest BCUT2D eigenvalue weighted by molar-refractivity contribution is -0.389. The van der Waals surface area contributed by atoms with Gasteiger partial charge in [-0.05, 0) is 136 Å². The van der Waals surface area contributed by atoms with Gasteiger partial charge < -0.3 is 98.6 Å². The van der Waals surface area contributed by atoms with Gasteiger partial charge in [-0.3, -0.25) is 14.4 Å². The number of hydrogen-bond donors (Lipinski definition) is 7. The molecule has 28 nitrogen and oxygen atoms in total. The second kappa shape index (κ2) is 29.0. The second-order valence-electron chi connectivity index (χ2n) is 27.1. The van der Waals surface area contributed by atoms with E-state index in [9.17, 15) is 43.5 Å². The standard InChI is InChI=1S/C57H96N6O22/c1-30(64)74-36(23-26-58-47(68)81-52(3,4)5)44(67)60-34-27-35(62-50(71)84-55(12,13)14)41(78-45-33(61-49(70)83-54(9,10)11)22-21-32(76-45)28-59-48(69)82-53(6,7)8)39(66)40(34)79-46-43(75-31(2)65)38(63-51(72)85-56(15,16)17)42-37(77-46)29-73-57(80-42)24-19-18-20-25-57/h32-43,45-46,66H,18-29H2,1-17H3,(H,58,68)(H,59,69)(H,60,67)(H,61,70)(H,62,71)(H,63,72)/t32?,33?,34-,35+,36+,37?,38+,39?,40-,41?,42+,43?,45+,46+/m1/s1. The number of hydrogen-bond acceptors (Lipinski definition) is 22. The average Bonchev–Trinajstić information content (AvgIpc) is 0.990. The van der Waals surface area contributed by atoms with E-state index >= 15 is 0 Å². The van der Waals surface area contributed by atoms with Crippen LogP contribution in [0.4, 0.5) is 24.0 Å². The monoisotopic (exact) mass is 1220 g/mol. The van der Waals surface area contributed by atoms with Gasteiger partial charge in [0, 0.05) is 46.2 Å². The maximum atomic E-state index is 14.7. The molecule has 2 saturated carbocycles. The Bertz CT molecular complexity index is 2300. The summed E-state index contributed by atoms with van der Waals surface area (Å²) in [7, 11) is 0. The van der Waals surface area contributed by atoms with Gasteiger partial charge in [0.15, 0.2) is 30.6 Å². The summed E-state index contributed by atoms with van der Waals surface area (Å²) < 4.78 is 79.2. The molecule has 28 heteroatoms. The third-order valence-electron chi connectivity index (χ3n) is 13.4. The summed E-state index contributed by atoms with van der Waals surface area (Å²) in [6.07, 6.45) is -15.6. The predicted octanol–water partition coefficient (Wildman–Crippen LogP) is 5.29. The van der Waals surface area contributed by atoms with Crippen molar-refractivity contribution in [2.45, 2.75) is 295 Å². The Balaban J connectivity index is 1.63. The van der Waals surface area contributed by atoms with Gasteiger partial charge >= 0.3 is 42.4 Å². The Morgan fingerprint density at radius 1 is 0.565 bits per heavy atom. The highest BCUT2D eigenvalue weighted by Crippen LogP contribution is 2.42. The van der Waals surface area contributed by atoms with Gasteiger partial charge in [-0.15, -0.1) is 0 Å². The highest BCUT2D eigenvalue weighted by molar-refractivity contribution is 5.84. The fourth-order valence-electron chi connectivity index (χ4n) is 10.3. The summed E-state index contributed by atoms with van der Waals surface area (Å²) in [5.41, 5.74) is -4.69. The fourth-order valence-corrected chi connectivity index (χ4v) is 10.3. The Kier molecular flexibility index (Phi) is 24.0. The molecule has 6 unspecified atom stereocenters. The zero-order chi connectivity index (χ0) is 63.6. The van der Waals surface area contributed by atoms with Crippen LogP contribution in [0.3, 0.4) is 0 Å². The lowest BCUT2D eigenvalue weighted by Gasteiger charge is -2.54. The van der Waals surface area contributed by atoms with Gasteiger partial charge in [0.05, 0.1) is 30.8 Å². The highest BCUT2D eigenvalue weighted by Gasteiger charge is 2.59. The first-order valence-electron chi connectivity index (χ1n) is 29.3. The summed E-state index contributed by atoms with van der Waals surface area (Å²) in [6.45, 7) is 26.8. The maximum Gasteiger partial charge on any atom is 0.408 e. The van der Waals surface area contributed by atoms with Crippen molar-refractivity contribution in [2.75, 3.05) is 19.7 Å². The SMILES string of the molecule is CC(=O)OC1[C@H](O[C@H]2C(O)C(O[C@@H]3OC(CNC(=O)OC(C)(C)C)CCC3NC(=O)OC(C)(C)C)[C@@H](NC(=O)OC(C)(C)C)C[C@H]2NC(=O)[C@H](CCNC(=O)OC(C)(C)C)OC(C)=O)OC2COC3(CCCCC3)O[C@@H]2[C@@H]1NC(=O)OC(C)(C)C. The van der Waals surface area contributed by atoms with E-state index in [1.54, 1.807) is 104 Å². The number of ether oxygens (including phenoxy) is 13. The topological polar surface area (TPSA) is 349 Å². The van der Waals surface area contributed by atoms with Gasteiger partial charge in [0.1, 0.15) is 64.6 Å². The fraction of sp³-hybridized carbons (Fsp3) is 0.860. The molecule has 5 aliphatic rings. The number of aliphatic hydroxyl groups is 1. The van der Waals surface area contributed by atoms with E-state index in [2.05, 4.69) is 31.9 Å². The van der Waals surface area contributed by atoms with Crippen LogP contribution in [0.5, 0.6) is 0 Å². The molecule has 3 aliphatic heterocycles. The molecule has 0 radical (unpaired) electrons. The molecule has 5 fully saturated rings. The van der Waals surface area contributed by atoms with Crippen LogP contribution < -0.4 is 31.9 Å². The Morgan fingerprint density at radius 2 is 1.06 bits per heavy atom. The van der Waals surface area contributed by atoms with E-state index in [0.717, 1.165) is 33.1 Å². The van der Waals surface area contributed by atoms with Crippen molar-refractivity contribution >= 4 is 48.3 Å². The molecule has 14 atom stereocenters. The minimum absolute atomic E-state index is 0.0941. The quantitative estimate of drug-likeness (QED) is 0.0762. The van der Waals surface area contributed by atoms with Crippen LogP contribution in [0.25, 0.3) is 0 Å². The molecule has 2 aliphatic carbocycles. The van der Waals surface area contributed by atoms with E-state index in [0.29, 0.717) is 12.8 Å². The van der Waals surface area contributed by atoms with E-state index in [-0.39, 0.29) is 45.4 Å². The Labute approximate surface area is 498 Å². The number of aliphatic hydroxyl groups excluding tert-OH is 1.